The molecule has 0 nitrogen and oxygen atoms in total. The van der Waals surface area contributed by atoms with E-state index in [0.717, 1.165) is 12.8 Å². The molecule has 0 amide bonds. The second-order valence-corrected chi connectivity index (χ2v) is 6.36. The Morgan fingerprint density at radius 1 is 0.250 bits per heavy atom. The van der Waals surface area contributed by atoms with Gasteiger partial charge in [-0.2, -0.15) is 0 Å². The fourth-order valence-electron chi connectivity index (χ4n) is 2.83. The predicted molar refractivity (Wildman–Crippen MR) is 93.8 cm³/mol. The summed E-state index contributed by atoms with van der Waals surface area (Å²) in [5, 5.41) is 0. The van der Waals surface area contributed by atoms with Crippen LogP contribution in [0.5, 0.6) is 0 Å². The minimum atomic E-state index is 1.12. The van der Waals surface area contributed by atoms with E-state index in [0.29, 0.717) is 0 Å². The van der Waals surface area contributed by atoms with Gasteiger partial charge in [-0.25, -0.2) is 0 Å². The third-order valence-corrected chi connectivity index (χ3v) is 4.25. The molecule has 20 heavy (non-hydrogen) atoms. The van der Waals surface area contributed by atoms with E-state index in [9.17, 15) is 0 Å². The van der Waals surface area contributed by atoms with E-state index in [1.807, 2.05) is 0 Å². The Morgan fingerprint density at radius 3 is 0.550 bits per heavy atom. The van der Waals surface area contributed by atoms with E-state index in [2.05, 4.69) is 13.8 Å². The second kappa shape index (κ2) is 19.0. The van der Waals surface area contributed by atoms with Crippen molar-refractivity contribution in [3.05, 3.63) is 13.8 Å². The van der Waals surface area contributed by atoms with E-state index in [4.69, 9.17) is 0 Å². The molecule has 0 spiro atoms. The fraction of sp³-hybridized carbons (Fsp3) is 0.900. The molecule has 0 unspecified atom stereocenters. The zero-order valence-electron chi connectivity index (χ0n) is 14.1. The summed E-state index contributed by atoms with van der Waals surface area (Å²) in [5.41, 5.74) is 0. The highest BCUT2D eigenvalue weighted by molar-refractivity contribution is 4.50. The van der Waals surface area contributed by atoms with Crippen molar-refractivity contribution in [1.82, 2.24) is 0 Å². The zero-order valence-corrected chi connectivity index (χ0v) is 14.1. The van der Waals surface area contributed by atoms with Crippen LogP contribution < -0.4 is 0 Å². The lowest BCUT2D eigenvalue weighted by molar-refractivity contribution is 0.528. The van der Waals surface area contributed by atoms with Crippen LogP contribution >= 0.6 is 0 Å². The van der Waals surface area contributed by atoms with Crippen LogP contribution in [0.2, 0.25) is 0 Å². The number of hydrogen-bond acceptors (Lipinski definition) is 0. The lowest BCUT2D eigenvalue weighted by atomic mass is 10.0. The fourth-order valence-corrected chi connectivity index (χ4v) is 2.83. The average Bonchev–Trinajstić information content (AvgIpc) is 2.47. The van der Waals surface area contributed by atoms with Gasteiger partial charge in [0.25, 0.3) is 0 Å². The summed E-state index contributed by atoms with van der Waals surface area (Å²) < 4.78 is 0. The number of unbranched alkanes of at least 4 members (excludes halogenated alkanes) is 17. The monoisotopic (exact) mass is 280 g/mol. The molecule has 0 heterocycles. The van der Waals surface area contributed by atoms with Gasteiger partial charge in [0.1, 0.15) is 0 Å². The Hall–Kier alpha value is 0. The first-order valence-electron chi connectivity index (χ1n) is 9.50. The lowest BCUT2D eigenvalue weighted by Gasteiger charge is -2.03. The molecule has 0 N–H and O–H groups in total. The van der Waals surface area contributed by atoms with Gasteiger partial charge in [-0.1, -0.05) is 129 Å². The maximum absolute atomic E-state index is 3.89. The summed E-state index contributed by atoms with van der Waals surface area (Å²) in [6.07, 6.45) is 25.2. The maximum atomic E-state index is 3.89. The molecule has 0 bridgehead atoms. The zero-order chi connectivity index (χ0) is 14.7. The summed E-state index contributed by atoms with van der Waals surface area (Å²) in [5.74, 6) is 0. The molecule has 0 atom stereocenters. The standard InChI is InChI=1S/C20H40/c1-3-5-7-9-11-13-15-17-19-20-18-16-14-12-10-8-6-4-2/h1-20H2. The van der Waals surface area contributed by atoms with Gasteiger partial charge in [0.2, 0.25) is 0 Å². The normalized spacial score (nSPS) is 11.1. The van der Waals surface area contributed by atoms with E-state index in [1.165, 1.54) is 103 Å². The van der Waals surface area contributed by atoms with Crippen LogP contribution in [0.25, 0.3) is 0 Å². The minimum Gasteiger partial charge on any atom is -0.0533 e. The number of rotatable bonds is 17. The smallest absolute Gasteiger partial charge is 0.0533 e. The topological polar surface area (TPSA) is 0 Å². The predicted octanol–water partition coefficient (Wildman–Crippen LogP) is 7.68. The molecule has 0 aromatic heterocycles. The largest absolute Gasteiger partial charge is 0.0533 e. The van der Waals surface area contributed by atoms with Crippen LogP contribution in [0.1, 0.15) is 116 Å². The molecule has 0 aliphatic rings. The van der Waals surface area contributed by atoms with Gasteiger partial charge in [0.15, 0.2) is 0 Å². The minimum absolute atomic E-state index is 1.12. The van der Waals surface area contributed by atoms with Crippen LogP contribution in [0.15, 0.2) is 0 Å². The molecule has 0 fully saturated rings. The Morgan fingerprint density at radius 2 is 0.400 bits per heavy atom. The van der Waals surface area contributed by atoms with Gasteiger partial charge in [0.05, 0.1) is 0 Å². The van der Waals surface area contributed by atoms with Crippen LogP contribution in [-0.2, 0) is 0 Å². The van der Waals surface area contributed by atoms with Gasteiger partial charge in [-0.3, -0.25) is 0 Å². The van der Waals surface area contributed by atoms with Gasteiger partial charge in [-0.05, 0) is 0 Å². The van der Waals surface area contributed by atoms with Crippen molar-refractivity contribution in [1.29, 1.82) is 0 Å². The van der Waals surface area contributed by atoms with Crippen molar-refractivity contribution in [3.63, 3.8) is 0 Å². The molecule has 0 aromatic rings. The van der Waals surface area contributed by atoms with E-state index < -0.39 is 0 Å². The van der Waals surface area contributed by atoms with E-state index in [1.54, 1.807) is 0 Å². The summed E-state index contributed by atoms with van der Waals surface area (Å²) in [6, 6.07) is 0. The molecule has 120 valence electrons. The molecule has 0 saturated carbocycles. The van der Waals surface area contributed by atoms with Crippen molar-refractivity contribution in [3.8, 4) is 0 Å². The summed E-state index contributed by atoms with van der Waals surface area (Å²) in [7, 11) is 0. The molecule has 2 radical (unpaired) electrons. The highest BCUT2D eigenvalue weighted by Gasteiger charge is 1.94. The first kappa shape index (κ1) is 20.0. The number of hydrogen-bond donors (Lipinski definition) is 0. The molecular formula is C20H40. The van der Waals surface area contributed by atoms with Gasteiger partial charge >= 0.3 is 0 Å². The summed E-state index contributed by atoms with van der Waals surface area (Å²) in [6.45, 7) is 7.78. The summed E-state index contributed by atoms with van der Waals surface area (Å²) in [4.78, 5) is 0. The van der Waals surface area contributed by atoms with E-state index >= 15 is 0 Å². The summed E-state index contributed by atoms with van der Waals surface area (Å²) >= 11 is 0. The molecule has 0 aliphatic heterocycles. The Bertz CT molecular complexity index is 132. The third-order valence-electron chi connectivity index (χ3n) is 4.25. The van der Waals surface area contributed by atoms with Crippen LogP contribution in [0.3, 0.4) is 0 Å². The van der Waals surface area contributed by atoms with Gasteiger partial charge in [0, 0.05) is 0 Å². The first-order chi connectivity index (χ1) is 9.91. The third kappa shape index (κ3) is 18.0. The highest BCUT2D eigenvalue weighted by atomic mass is 14.0. The highest BCUT2D eigenvalue weighted by Crippen LogP contribution is 2.14. The molecule has 0 rings (SSSR count). The second-order valence-electron chi connectivity index (χ2n) is 6.36. The molecule has 0 heteroatoms. The molecule has 0 aliphatic carbocycles. The average molecular weight is 281 g/mol. The Kier molecular flexibility index (Phi) is 19.0. The van der Waals surface area contributed by atoms with E-state index in [-0.39, 0.29) is 0 Å². The van der Waals surface area contributed by atoms with Crippen molar-refractivity contribution in [2.75, 3.05) is 0 Å². The van der Waals surface area contributed by atoms with Crippen LogP contribution in [0, 0.1) is 13.8 Å². The molecule has 0 saturated heterocycles. The van der Waals surface area contributed by atoms with Crippen LogP contribution in [0.4, 0.5) is 0 Å². The van der Waals surface area contributed by atoms with Crippen molar-refractivity contribution in [2.45, 2.75) is 116 Å². The van der Waals surface area contributed by atoms with Gasteiger partial charge in [-0.15, -0.1) is 0 Å². The molecular weight excluding hydrogens is 240 g/mol. The quantitative estimate of drug-likeness (QED) is 0.240. The maximum Gasteiger partial charge on any atom is -0.0533 e. The molecule has 0 aromatic carbocycles. The Balaban J connectivity index is 2.89. The van der Waals surface area contributed by atoms with Crippen molar-refractivity contribution >= 4 is 0 Å². The van der Waals surface area contributed by atoms with Crippen molar-refractivity contribution < 1.29 is 0 Å². The Labute approximate surface area is 130 Å². The SMILES string of the molecule is [CH2]CCCCCCCCCCCCCCCCCC[CH2]. The lowest BCUT2D eigenvalue weighted by Crippen LogP contribution is -1.83. The first-order valence-corrected chi connectivity index (χ1v) is 9.50. The van der Waals surface area contributed by atoms with Crippen LogP contribution in [-0.4, -0.2) is 0 Å². The van der Waals surface area contributed by atoms with Gasteiger partial charge < -0.3 is 0 Å². The van der Waals surface area contributed by atoms with Crippen molar-refractivity contribution in [2.24, 2.45) is 0 Å².